The number of carboxylic acid groups (broad SMARTS) is 1. The molecular formula is C42H45ClN4O4S. The Kier molecular flexibility index (Phi) is 9.73. The molecule has 2 N–H and O–H groups in total. The summed E-state index contributed by atoms with van der Waals surface area (Å²) >= 11 is 8.72. The lowest BCUT2D eigenvalue weighted by Gasteiger charge is -2.42. The third kappa shape index (κ3) is 6.69. The van der Waals surface area contributed by atoms with Crippen LogP contribution in [0.4, 0.5) is 0 Å². The summed E-state index contributed by atoms with van der Waals surface area (Å²) in [5, 5.41) is 30.8. The maximum atomic E-state index is 11.7. The first kappa shape index (κ1) is 35.4. The highest BCUT2D eigenvalue weighted by molar-refractivity contribution is 8.02. The van der Waals surface area contributed by atoms with Gasteiger partial charge < -0.3 is 14.9 Å². The van der Waals surface area contributed by atoms with E-state index in [4.69, 9.17) is 21.3 Å². The summed E-state index contributed by atoms with van der Waals surface area (Å²) < 4.78 is 6.16. The Bertz CT molecular complexity index is 1960. The average molecular weight is 737 g/mol. The molecular weight excluding hydrogens is 692 g/mol. The van der Waals surface area contributed by atoms with Crippen molar-refractivity contribution in [2.75, 3.05) is 32.8 Å². The molecule has 270 valence electrons. The van der Waals surface area contributed by atoms with E-state index in [-0.39, 0.29) is 28.7 Å². The highest BCUT2D eigenvalue weighted by atomic mass is 35.5. The average Bonchev–Trinajstić information content (AvgIpc) is 3.44. The van der Waals surface area contributed by atoms with E-state index in [9.17, 15) is 20.3 Å². The maximum Gasteiger partial charge on any atom is 0.307 e. The molecule has 0 spiro atoms. The molecule has 3 aromatic rings. The lowest BCUT2D eigenvalue weighted by molar-refractivity contribution is -0.141. The number of aromatic nitrogens is 1. The molecule has 3 fully saturated rings. The molecule has 1 aromatic heterocycles. The Hall–Kier alpha value is -3.65. The van der Waals surface area contributed by atoms with Crippen molar-refractivity contribution in [2.24, 2.45) is 11.8 Å². The number of hydrogen-bond donors (Lipinski definition) is 2. The Morgan fingerprint density at radius 1 is 1.12 bits per heavy atom. The van der Waals surface area contributed by atoms with E-state index in [1.807, 2.05) is 42.2 Å². The van der Waals surface area contributed by atoms with E-state index in [1.54, 1.807) is 0 Å². The number of ether oxygens (including phenoxy) is 1. The van der Waals surface area contributed by atoms with Crippen molar-refractivity contribution in [3.05, 3.63) is 111 Å². The second-order valence-electron chi connectivity index (χ2n) is 15.2. The molecule has 0 amide bonds. The van der Waals surface area contributed by atoms with E-state index in [0.29, 0.717) is 42.5 Å². The molecule has 3 heterocycles. The number of aliphatic hydroxyl groups excluding tert-OH is 1. The van der Waals surface area contributed by atoms with Gasteiger partial charge in [-0.25, -0.2) is 0 Å². The molecule has 1 saturated carbocycles. The van der Waals surface area contributed by atoms with Crippen LogP contribution in [0.25, 0.3) is 5.57 Å². The van der Waals surface area contributed by atoms with Gasteiger partial charge in [0.15, 0.2) is 0 Å². The lowest BCUT2D eigenvalue weighted by atomic mass is 9.80. The van der Waals surface area contributed by atoms with Gasteiger partial charge in [0.1, 0.15) is 18.4 Å². The van der Waals surface area contributed by atoms with Gasteiger partial charge in [-0.05, 0) is 91.1 Å². The van der Waals surface area contributed by atoms with E-state index in [2.05, 4.69) is 65.3 Å². The third-order valence-electron chi connectivity index (χ3n) is 12.0. The first-order valence-electron chi connectivity index (χ1n) is 18.5. The summed E-state index contributed by atoms with van der Waals surface area (Å²) in [7, 11) is 0. The van der Waals surface area contributed by atoms with Crippen molar-refractivity contribution < 1.29 is 19.7 Å². The normalized spacial score (nSPS) is 28.0. The molecule has 2 unspecified atom stereocenters. The van der Waals surface area contributed by atoms with Crippen LogP contribution in [0.1, 0.15) is 78.6 Å². The predicted octanol–water partition coefficient (Wildman–Crippen LogP) is 7.40. The number of aliphatic hydroxyl groups is 1. The van der Waals surface area contributed by atoms with Crippen molar-refractivity contribution in [1.82, 2.24) is 14.8 Å². The van der Waals surface area contributed by atoms with Crippen molar-refractivity contribution in [3.63, 3.8) is 0 Å². The van der Waals surface area contributed by atoms with E-state index in [0.717, 1.165) is 85.3 Å². The standard InChI is InChI=1S/C42H45ClN4O4S/c1-27-31(33-5-2-3-7-36(33)43)6-4-16-42(27,52-41(17-18-41)39-13-8-28(22-45-39)23-46-19-15-30(48)25-46)26-51-38-12-10-34-32(35(38)21-44)9-11-37(34)47-20-14-29(24-47)40(49)50/h2-8,10,12-13,16,22,27,29-30,37,48H,9,11,14-15,17-20,23-26H2,1H3,(H,49,50)/t27?,29-,30-,37-,42?/m1/s1. The number of allylic oxidation sites excluding steroid dienone is 3. The van der Waals surface area contributed by atoms with Crippen LogP contribution in [0.5, 0.6) is 5.75 Å². The Labute approximate surface area is 315 Å². The van der Waals surface area contributed by atoms with E-state index in [1.165, 1.54) is 0 Å². The second-order valence-corrected chi connectivity index (χ2v) is 17.4. The number of pyridine rings is 1. The number of thioether (sulfide) groups is 1. The van der Waals surface area contributed by atoms with Crippen molar-refractivity contribution in [1.29, 1.82) is 5.26 Å². The van der Waals surface area contributed by atoms with Crippen LogP contribution < -0.4 is 4.74 Å². The van der Waals surface area contributed by atoms with Crippen molar-refractivity contribution in [2.45, 2.75) is 73.6 Å². The lowest BCUT2D eigenvalue weighted by Crippen LogP contribution is -2.41. The number of nitriles is 1. The molecule has 2 saturated heterocycles. The number of hydrogen-bond acceptors (Lipinski definition) is 8. The van der Waals surface area contributed by atoms with Gasteiger partial charge in [-0.2, -0.15) is 5.26 Å². The third-order valence-corrected chi connectivity index (χ3v) is 14.3. The van der Waals surface area contributed by atoms with Crippen molar-refractivity contribution >= 4 is 34.9 Å². The van der Waals surface area contributed by atoms with Crippen LogP contribution in [-0.4, -0.2) is 74.6 Å². The van der Waals surface area contributed by atoms with Crippen LogP contribution >= 0.6 is 23.4 Å². The molecule has 8 nitrogen and oxygen atoms in total. The quantitative estimate of drug-likeness (QED) is 0.208. The topological polar surface area (TPSA) is 110 Å². The number of fused-ring (bicyclic) bond motifs is 1. The van der Waals surface area contributed by atoms with Gasteiger partial charge in [0.25, 0.3) is 0 Å². The van der Waals surface area contributed by atoms with Crippen LogP contribution in [0, 0.1) is 23.2 Å². The summed E-state index contributed by atoms with van der Waals surface area (Å²) in [6, 6.07) is 19.0. The van der Waals surface area contributed by atoms with Crippen LogP contribution in [0.2, 0.25) is 5.02 Å². The molecule has 52 heavy (non-hydrogen) atoms. The van der Waals surface area contributed by atoms with E-state index < -0.39 is 10.7 Å². The first-order chi connectivity index (χ1) is 25.2. The molecule has 5 atom stereocenters. The number of aliphatic carboxylic acids is 1. The van der Waals surface area contributed by atoms with Gasteiger partial charge in [0.2, 0.25) is 0 Å². The maximum absolute atomic E-state index is 11.7. The zero-order chi connectivity index (χ0) is 36.0. The molecule has 8 rings (SSSR count). The summed E-state index contributed by atoms with van der Waals surface area (Å²) in [4.78, 5) is 21.3. The molecule has 0 bridgehead atoms. The zero-order valence-electron chi connectivity index (χ0n) is 29.5. The summed E-state index contributed by atoms with van der Waals surface area (Å²) in [6.07, 6.45) is 13.5. The number of likely N-dealkylation sites (tertiary alicyclic amines) is 2. The fourth-order valence-electron chi connectivity index (χ4n) is 8.84. The second kappa shape index (κ2) is 14.3. The zero-order valence-corrected chi connectivity index (χ0v) is 31.1. The minimum atomic E-state index is -0.729. The van der Waals surface area contributed by atoms with Gasteiger partial charge in [-0.1, -0.05) is 67.1 Å². The van der Waals surface area contributed by atoms with Gasteiger partial charge >= 0.3 is 5.97 Å². The summed E-state index contributed by atoms with van der Waals surface area (Å²) in [6.45, 7) is 6.32. The molecule has 3 aliphatic carbocycles. The Morgan fingerprint density at radius 3 is 2.65 bits per heavy atom. The number of carbonyl (C=O) groups is 1. The minimum Gasteiger partial charge on any atom is -0.490 e. The first-order valence-corrected chi connectivity index (χ1v) is 19.7. The molecule has 2 aliphatic heterocycles. The fraction of sp³-hybridized carbons (Fsp3) is 0.452. The summed E-state index contributed by atoms with van der Waals surface area (Å²) in [5.41, 5.74) is 7.14. The molecule has 0 radical (unpaired) electrons. The number of nitrogens with zero attached hydrogens (tertiary/aromatic N) is 4. The number of rotatable bonds is 11. The monoisotopic (exact) mass is 736 g/mol. The smallest absolute Gasteiger partial charge is 0.307 e. The van der Waals surface area contributed by atoms with Crippen LogP contribution in [-0.2, 0) is 22.5 Å². The number of benzene rings is 2. The molecule has 2 aromatic carbocycles. The largest absolute Gasteiger partial charge is 0.490 e. The highest BCUT2D eigenvalue weighted by Crippen LogP contribution is 2.63. The van der Waals surface area contributed by atoms with E-state index >= 15 is 0 Å². The van der Waals surface area contributed by atoms with Gasteiger partial charge in [0, 0.05) is 49.4 Å². The van der Waals surface area contributed by atoms with Crippen molar-refractivity contribution in [3.8, 4) is 11.8 Å². The number of β-amino-alcohol motifs (C(OH)–C–C–N with tert-alkyl or cyclic N) is 1. The van der Waals surface area contributed by atoms with Crippen LogP contribution in [0.15, 0.2) is 73.0 Å². The number of carboxylic acids is 1. The van der Waals surface area contributed by atoms with Gasteiger partial charge in [-0.15, -0.1) is 11.8 Å². The van der Waals surface area contributed by atoms with Crippen LogP contribution in [0.3, 0.4) is 0 Å². The Balaban J connectivity index is 1.07. The molecule has 10 heteroatoms. The van der Waals surface area contributed by atoms with Gasteiger partial charge in [-0.3, -0.25) is 19.6 Å². The van der Waals surface area contributed by atoms with Gasteiger partial charge in [0.05, 0.1) is 32.8 Å². The number of halogens is 1. The predicted molar refractivity (Wildman–Crippen MR) is 204 cm³/mol. The highest BCUT2D eigenvalue weighted by Gasteiger charge is 2.54. The summed E-state index contributed by atoms with van der Waals surface area (Å²) in [5.74, 6) is -0.436. The Morgan fingerprint density at radius 2 is 1.96 bits per heavy atom. The molecule has 5 aliphatic rings. The minimum absolute atomic E-state index is 0.0300. The SMILES string of the molecule is CC1C(c2ccccc2Cl)=CC=CC1(COc1ccc2c(c1C#N)CC[C@H]2N1CC[C@@H](C(=O)O)C1)SC1(c2ccc(CN3CC[C@@H](O)C3)cn2)CC1. The fourth-order valence-corrected chi connectivity index (χ4v) is 10.9.